The molecule has 2 N–H and O–H groups in total. The summed E-state index contributed by atoms with van der Waals surface area (Å²) in [4.78, 5) is 10.8. The van der Waals surface area contributed by atoms with Crippen molar-refractivity contribution in [2.75, 3.05) is 0 Å². The predicted molar refractivity (Wildman–Crippen MR) is 69.7 cm³/mol. The molecule has 0 unspecified atom stereocenters. The van der Waals surface area contributed by atoms with Gasteiger partial charge in [-0.15, -0.1) is 0 Å². The Bertz CT molecular complexity index is 579. The van der Waals surface area contributed by atoms with Gasteiger partial charge < -0.3 is 5.11 Å². The van der Waals surface area contributed by atoms with Crippen molar-refractivity contribution >= 4 is 5.97 Å². The lowest BCUT2D eigenvalue weighted by Gasteiger charge is -2.19. The molecule has 0 saturated heterocycles. The van der Waals surface area contributed by atoms with Gasteiger partial charge in [0.25, 0.3) is 0 Å². The van der Waals surface area contributed by atoms with E-state index in [1.54, 1.807) is 6.07 Å². The van der Waals surface area contributed by atoms with Gasteiger partial charge in [-0.25, -0.2) is 4.79 Å². The number of aromatic nitrogens is 2. The molecule has 2 rings (SSSR count). The number of carbonyl (C=O) groups is 1. The van der Waals surface area contributed by atoms with Crippen LogP contribution in [0.1, 0.15) is 36.8 Å². The number of aromatic carboxylic acids is 1. The predicted octanol–water partition coefficient (Wildman–Crippen LogP) is 3.07. The molecule has 0 radical (unpaired) electrons. The van der Waals surface area contributed by atoms with Crippen LogP contribution in [0, 0.1) is 0 Å². The third kappa shape index (κ3) is 2.42. The highest BCUT2D eigenvalue weighted by molar-refractivity contribution is 5.86. The van der Waals surface area contributed by atoms with Gasteiger partial charge in [0.2, 0.25) is 0 Å². The zero-order chi connectivity index (χ0) is 13.3. The van der Waals surface area contributed by atoms with Crippen LogP contribution in [0.25, 0.3) is 11.3 Å². The van der Waals surface area contributed by atoms with Gasteiger partial charge in [0.15, 0.2) is 0 Å². The third-order valence-corrected chi connectivity index (χ3v) is 2.83. The van der Waals surface area contributed by atoms with E-state index in [1.165, 1.54) is 5.56 Å². The molecule has 4 heteroatoms. The Morgan fingerprint density at radius 3 is 2.56 bits per heavy atom. The summed E-state index contributed by atoms with van der Waals surface area (Å²) >= 11 is 0. The Morgan fingerprint density at radius 1 is 1.28 bits per heavy atom. The summed E-state index contributed by atoms with van der Waals surface area (Å²) in [6.07, 6.45) is 0. The number of hydrogen-bond acceptors (Lipinski definition) is 2. The number of nitrogens with zero attached hydrogens (tertiary/aromatic N) is 1. The first-order chi connectivity index (χ1) is 8.38. The number of rotatable bonds is 2. The fourth-order valence-corrected chi connectivity index (χ4v) is 1.72. The van der Waals surface area contributed by atoms with Gasteiger partial charge in [0.1, 0.15) is 5.69 Å². The maximum Gasteiger partial charge on any atom is 0.353 e. The molecular formula is C14H16N2O2. The summed E-state index contributed by atoms with van der Waals surface area (Å²) < 4.78 is 0. The highest BCUT2D eigenvalue weighted by Crippen LogP contribution is 2.26. The molecule has 2 aromatic rings. The number of nitrogens with one attached hydrogen (secondary N) is 1. The molecule has 18 heavy (non-hydrogen) atoms. The molecule has 0 aliphatic heterocycles. The van der Waals surface area contributed by atoms with Crippen molar-refractivity contribution in [3.05, 3.63) is 41.6 Å². The van der Waals surface area contributed by atoms with Crippen LogP contribution in [0.15, 0.2) is 30.3 Å². The molecule has 4 nitrogen and oxygen atoms in total. The lowest BCUT2D eigenvalue weighted by molar-refractivity contribution is 0.0690. The van der Waals surface area contributed by atoms with E-state index in [0.29, 0.717) is 5.69 Å². The molecule has 0 bridgehead atoms. The maximum atomic E-state index is 10.8. The standard InChI is InChI=1S/C14H16N2O2/c1-14(2,3)10-6-4-5-9(7-10)11-8-12(13(17)18)16-15-11/h4-8H,1-3H3,(H,15,16)(H,17,18). The molecule has 0 atom stereocenters. The van der Waals surface area contributed by atoms with Crippen molar-refractivity contribution in [2.24, 2.45) is 0 Å². The summed E-state index contributed by atoms with van der Waals surface area (Å²) in [5, 5.41) is 15.4. The van der Waals surface area contributed by atoms with Crippen LogP contribution in [0.3, 0.4) is 0 Å². The quantitative estimate of drug-likeness (QED) is 0.853. The second-order valence-electron chi connectivity index (χ2n) is 5.30. The third-order valence-electron chi connectivity index (χ3n) is 2.83. The molecule has 1 heterocycles. The van der Waals surface area contributed by atoms with Gasteiger partial charge >= 0.3 is 5.97 Å². The van der Waals surface area contributed by atoms with E-state index in [2.05, 4.69) is 37.0 Å². The molecule has 0 amide bonds. The molecule has 0 saturated carbocycles. The van der Waals surface area contributed by atoms with E-state index in [0.717, 1.165) is 5.56 Å². The van der Waals surface area contributed by atoms with Crippen molar-refractivity contribution in [2.45, 2.75) is 26.2 Å². The molecule has 0 spiro atoms. The van der Waals surface area contributed by atoms with E-state index in [9.17, 15) is 4.79 Å². The van der Waals surface area contributed by atoms with E-state index >= 15 is 0 Å². The van der Waals surface area contributed by atoms with Crippen molar-refractivity contribution in [3.8, 4) is 11.3 Å². The smallest absolute Gasteiger partial charge is 0.353 e. The minimum absolute atomic E-state index is 0.0575. The second kappa shape index (κ2) is 4.29. The zero-order valence-electron chi connectivity index (χ0n) is 10.7. The monoisotopic (exact) mass is 244 g/mol. The lowest BCUT2D eigenvalue weighted by atomic mass is 9.86. The van der Waals surface area contributed by atoms with Gasteiger partial charge in [0, 0.05) is 5.56 Å². The minimum Gasteiger partial charge on any atom is -0.477 e. The lowest BCUT2D eigenvalue weighted by Crippen LogP contribution is -2.10. The number of carboxylic acid groups (broad SMARTS) is 1. The first-order valence-electron chi connectivity index (χ1n) is 5.77. The number of carboxylic acids is 1. The molecule has 0 aliphatic carbocycles. The van der Waals surface area contributed by atoms with Crippen LogP contribution in [-0.4, -0.2) is 21.3 Å². The van der Waals surface area contributed by atoms with Crippen molar-refractivity contribution in [1.29, 1.82) is 0 Å². The van der Waals surface area contributed by atoms with E-state index < -0.39 is 5.97 Å². The molecule has 1 aromatic carbocycles. The van der Waals surface area contributed by atoms with Crippen molar-refractivity contribution in [3.63, 3.8) is 0 Å². The van der Waals surface area contributed by atoms with E-state index in [1.807, 2.05) is 18.2 Å². The van der Waals surface area contributed by atoms with Gasteiger partial charge in [-0.05, 0) is 23.1 Å². The zero-order valence-corrected chi connectivity index (χ0v) is 10.7. The number of H-pyrrole nitrogens is 1. The molecule has 0 fully saturated rings. The second-order valence-corrected chi connectivity index (χ2v) is 5.30. The van der Waals surface area contributed by atoms with Gasteiger partial charge in [-0.1, -0.05) is 39.0 Å². The number of aromatic amines is 1. The summed E-state index contributed by atoms with van der Waals surface area (Å²) in [7, 11) is 0. The summed E-state index contributed by atoms with van der Waals surface area (Å²) in [5.74, 6) is -0.999. The van der Waals surface area contributed by atoms with Crippen LogP contribution < -0.4 is 0 Å². The highest BCUT2D eigenvalue weighted by atomic mass is 16.4. The van der Waals surface area contributed by atoms with Crippen molar-refractivity contribution in [1.82, 2.24) is 10.2 Å². The minimum atomic E-state index is -0.999. The Morgan fingerprint density at radius 2 is 2.00 bits per heavy atom. The normalized spacial score (nSPS) is 11.5. The van der Waals surface area contributed by atoms with E-state index in [-0.39, 0.29) is 11.1 Å². The Hall–Kier alpha value is -2.10. The topological polar surface area (TPSA) is 66.0 Å². The molecule has 0 aliphatic rings. The van der Waals surface area contributed by atoms with Crippen LogP contribution in [0.5, 0.6) is 0 Å². The Kier molecular flexibility index (Phi) is 2.95. The first-order valence-corrected chi connectivity index (χ1v) is 5.77. The molecular weight excluding hydrogens is 228 g/mol. The fraction of sp³-hybridized carbons (Fsp3) is 0.286. The number of hydrogen-bond donors (Lipinski definition) is 2. The molecule has 1 aromatic heterocycles. The van der Waals surface area contributed by atoms with Crippen LogP contribution in [-0.2, 0) is 5.41 Å². The average Bonchev–Trinajstić information content (AvgIpc) is 2.77. The van der Waals surface area contributed by atoms with Gasteiger partial charge in [-0.3, -0.25) is 5.10 Å². The van der Waals surface area contributed by atoms with Gasteiger partial charge in [-0.2, -0.15) is 5.10 Å². The maximum absolute atomic E-state index is 10.8. The van der Waals surface area contributed by atoms with Crippen LogP contribution in [0.4, 0.5) is 0 Å². The highest BCUT2D eigenvalue weighted by Gasteiger charge is 2.15. The largest absolute Gasteiger partial charge is 0.477 e. The Balaban J connectivity index is 2.41. The summed E-state index contributed by atoms with van der Waals surface area (Å²) in [5.41, 5.74) is 2.93. The van der Waals surface area contributed by atoms with Gasteiger partial charge in [0.05, 0.1) is 5.69 Å². The number of benzene rings is 1. The van der Waals surface area contributed by atoms with E-state index in [4.69, 9.17) is 5.11 Å². The first kappa shape index (κ1) is 12.4. The molecule has 94 valence electrons. The van der Waals surface area contributed by atoms with Crippen LogP contribution in [0.2, 0.25) is 0 Å². The van der Waals surface area contributed by atoms with Crippen molar-refractivity contribution < 1.29 is 9.90 Å². The van der Waals surface area contributed by atoms with Crippen LogP contribution >= 0.6 is 0 Å². The summed E-state index contributed by atoms with van der Waals surface area (Å²) in [6, 6.07) is 9.54. The Labute approximate surface area is 106 Å². The fourth-order valence-electron chi connectivity index (χ4n) is 1.72. The SMILES string of the molecule is CC(C)(C)c1cccc(-c2cc(C(=O)O)[nH]n2)c1. The summed E-state index contributed by atoms with van der Waals surface area (Å²) in [6.45, 7) is 6.41. The average molecular weight is 244 g/mol.